The Balaban J connectivity index is 2.32. The van der Waals surface area contributed by atoms with Gasteiger partial charge in [0.2, 0.25) is 0 Å². The molecule has 1 aliphatic heterocycles. The number of carbonyl (C=O) groups excluding carboxylic acids is 1. The molecule has 3 rings (SSSR count). The number of rotatable bonds is 1. The summed E-state index contributed by atoms with van der Waals surface area (Å²) in [7, 11) is 1.78. The van der Waals surface area contributed by atoms with Gasteiger partial charge in [0, 0.05) is 7.05 Å². The van der Waals surface area contributed by atoms with Crippen LogP contribution in [0.3, 0.4) is 0 Å². The van der Waals surface area contributed by atoms with Crippen molar-refractivity contribution in [2.75, 3.05) is 7.05 Å². The van der Waals surface area contributed by atoms with Crippen LogP contribution >= 0.6 is 11.6 Å². The van der Waals surface area contributed by atoms with Gasteiger partial charge in [-0.05, 0) is 25.1 Å². The van der Waals surface area contributed by atoms with Crippen molar-refractivity contribution in [3.05, 3.63) is 52.6 Å². The van der Waals surface area contributed by atoms with Crippen molar-refractivity contribution >= 4 is 23.6 Å². The quantitative estimate of drug-likeness (QED) is 0.808. The van der Waals surface area contributed by atoms with Crippen molar-refractivity contribution in [1.82, 2.24) is 14.5 Å². The van der Waals surface area contributed by atoms with Gasteiger partial charge in [0.05, 0.1) is 34.2 Å². The van der Waals surface area contributed by atoms with Crippen LogP contribution in [-0.4, -0.2) is 27.4 Å². The molecule has 0 spiro atoms. The zero-order valence-electron chi connectivity index (χ0n) is 11.3. The maximum Gasteiger partial charge on any atom is 0.257 e. The van der Waals surface area contributed by atoms with Crippen LogP contribution in [0.15, 0.2) is 30.6 Å². The molecule has 4 nitrogen and oxygen atoms in total. The predicted octanol–water partition coefficient (Wildman–Crippen LogP) is 3.14. The number of fused-ring (bicyclic) bond motifs is 3. The van der Waals surface area contributed by atoms with E-state index < -0.39 is 0 Å². The molecular formula is C15H14ClN3O. The van der Waals surface area contributed by atoms with Crippen LogP contribution in [0.4, 0.5) is 0 Å². The normalized spacial score (nSPS) is 14.3. The summed E-state index contributed by atoms with van der Waals surface area (Å²) in [5.74, 6) is -0.0688. The van der Waals surface area contributed by atoms with Crippen molar-refractivity contribution in [1.29, 1.82) is 0 Å². The molecule has 0 unspecified atom stereocenters. The highest BCUT2D eigenvalue weighted by atomic mass is 35.5. The van der Waals surface area contributed by atoms with E-state index in [0.29, 0.717) is 17.1 Å². The SMILES string of the molecule is C/C=C\c1ncn2c1CN(C)C(=O)c1c(Cl)cccc1-2. The third-order valence-corrected chi connectivity index (χ3v) is 3.74. The monoisotopic (exact) mass is 287 g/mol. The van der Waals surface area contributed by atoms with Gasteiger partial charge in [0.15, 0.2) is 0 Å². The van der Waals surface area contributed by atoms with Gasteiger partial charge in [-0.1, -0.05) is 23.7 Å². The summed E-state index contributed by atoms with van der Waals surface area (Å²) in [5.41, 5.74) is 3.17. The van der Waals surface area contributed by atoms with Crippen LogP contribution in [0.2, 0.25) is 5.02 Å². The van der Waals surface area contributed by atoms with Gasteiger partial charge >= 0.3 is 0 Å². The van der Waals surface area contributed by atoms with Crippen LogP contribution < -0.4 is 0 Å². The largest absolute Gasteiger partial charge is 0.336 e. The van der Waals surface area contributed by atoms with Gasteiger partial charge in [-0.15, -0.1) is 0 Å². The van der Waals surface area contributed by atoms with Crippen molar-refractivity contribution in [2.24, 2.45) is 0 Å². The highest BCUT2D eigenvalue weighted by molar-refractivity contribution is 6.34. The van der Waals surface area contributed by atoms with Crippen LogP contribution in [0.5, 0.6) is 0 Å². The summed E-state index contributed by atoms with van der Waals surface area (Å²) in [6.07, 6.45) is 5.63. The summed E-state index contributed by atoms with van der Waals surface area (Å²) >= 11 is 6.21. The third kappa shape index (κ3) is 1.84. The van der Waals surface area contributed by atoms with E-state index in [1.54, 1.807) is 24.3 Å². The average Bonchev–Trinajstić information content (AvgIpc) is 2.76. The highest BCUT2D eigenvalue weighted by Crippen LogP contribution is 2.30. The average molecular weight is 288 g/mol. The van der Waals surface area contributed by atoms with E-state index >= 15 is 0 Å². The van der Waals surface area contributed by atoms with Crippen LogP contribution in [-0.2, 0) is 6.54 Å². The first-order valence-electron chi connectivity index (χ1n) is 6.36. The molecule has 5 heteroatoms. The molecule has 0 saturated heterocycles. The van der Waals surface area contributed by atoms with E-state index in [-0.39, 0.29) is 5.91 Å². The molecule has 0 saturated carbocycles. The Morgan fingerprint density at radius 1 is 1.40 bits per heavy atom. The van der Waals surface area contributed by atoms with Gasteiger partial charge in [0.1, 0.15) is 6.33 Å². The molecular weight excluding hydrogens is 274 g/mol. The van der Waals surface area contributed by atoms with E-state index in [1.807, 2.05) is 35.8 Å². The fourth-order valence-electron chi connectivity index (χ4n) is 2.46. The molecule has 0 bridgehead atoms. The second kappa shape index (κ2) is 4.80. The minimum atomic E-state index is -0.0688. The van der Waals surface area contributed by atoms with Crippen molar-refractivity contribution in [3.63, 3.8) is 0 Å². The van der Waals surface area contributed by atoms with Gasteiger partial charge in [-0.25, -0.2) is 4.98 Å². The Morgan fingerprint density at radius 3 is 2.95 bits per heavy atom. The van der Waals surface area contributed by atoms with E-state index in [2.05, 4.69) is 4.98 Å². The van der Waals surface area contributed by atoms with E-state index in [9.17, 15) is 4.79 Å². The van der Waals surface area contributed by atoms with Crippen molar-refractivity contribution < 1.29 is 4.79 Å². The Kier molecular flexibility index (Phi) is 3.10. The molecule has 2 aromatic rings. The summed E-state index contributed by atoms with van der Waals surface area (Å²) < 4.78 is 1.94. The summed E-state index contributed by atoms with van der Waals surface area (Å²) in [6.45, 7) is 2.45. The lowest BCUT2D eigenvalue weighted by Crippen LogP contribution is -2.25. The molecule has 0 atom stereocenters. The first-order chi connectivity index (χ1) is 9.63. The zero-order valence-corrected chi connectivity index (χ0v) is 12.1. The fourth-order valence-corrected chi connectivity index (χ4v) is 2.71. The maximum atomic E-state index is 12.5. The number of carbonyl (C=O) groups is 1. The number of allylic oxidation sites excluding steroid dienone is 1. The van der Waals surface area contributed by atoms with Gasteiger partial charge in [0.25, 0.3) is 5.91 Å². The number of amides is 1. The second-order valence-corrected chi connectivity index (χ2v) is 5.15. The molecule has 102 valence electrons. The molecule has 0 radical (unpaired) electrons. The standard InChI is InChI=1S/C15H14ClN3O/c1-3-5-11-13-8-18(2)15(20)14-10(16)6-4-7-12(14)19(13)9-17-11/h3-7,9H,8H2,1-2H3/b5-3-. The number of aromatic nitrogens is 2. The highest BCUT2D eigenvalue weighted by Gasteiger charge is 2.27. The molecule has 2 heterocycles. The number of benzene rings is 1. The molecule has 0 N–H and O–H groups in total. The number of nitrogens with zero attached hydrogens (tertiary/aromatic N) is 3. The number of hydrogen-bond acceptors (Lipinski definition) is 2. The third-order valence-electron chi connectivity index (χ3n) is 3.42. The molecule has 1 aliphatic rings. The molecule has 20 heavy (non-hydrogen) atoms. The predicted molar refractivity (Wildman–Crippen MR) is 79.1 cm³/mol. The Morgan fingerprint density at radius 2 is 2.20 bits per heavy atom. The van der Waals surface area contributed by atoms with Gasteiger partial charge in [-0.3, -0.25) is 9.36 Å². The Hall–Kier alpha value is -2.07. The minimum absolute atomic E-state index is 0.0688. The lowest BCUT2D eigenvalue weighted by atomic mass is 10.1. The first-order valence-corrected chi connectivity index (χ1v) is 6.74. The molecule has 0 aliphatic carbocycles. The Bertz CT molecular complexity index is 718. The smallest absolute Gasteiger partial charge is 0.257 e. The lowest BCUT2D eigenvalue weighted by Gasteiger charge is -2.14. The van der Waals surface area contributed by atoms with E-state index in [1.165, 1.54) is 0 Å². The van der Waals surface area contributed by atoms with E-state index in [0.717, 1.165) is 17.1 Å². The summed E-state index contributed by atoms with van der Waals surface area (Å²) in [4.78, 5) is 18.6. The maximum absolute atomic E-state index is 12.5. The fraction of sp³-hybridized carbons (Fsp3) is 0.200. The summed E-state index contributed by atoms with van der Waals surface area (Å²) in [6, 6.07) is 5.47. The number of imidazole rings is 1. The van der Waals surface area contributed by atoms with Gasteiger partial charge in [-0.2, -0.15) is 0 Å². The van der Waals surface area contributed by atoms with Crippen LogP contribution in [0.1, 0.15) is 28.7 Å². The van der Waals surface area contributed by atoms with Crippen LogP contribution in [0, 0.1) is 0 Å². The summed E-state index contributed by atoms with van der Waals surface area (Å²) in [5, 5.41) is 0.466. The second-order valence-electron chi connectivity index (χ2n) is 4.74. The van der Waals surface area contributed by atoms with Crippen LogP contribution in [0.25, 0.3) is 11.8 Å². The lowest BCUT2D eigenvalue weighted by molar-refractivity contribution is 0.0788. The zero-order chi connectivity index (χ0) is 14.3. The van der Waals surface area contributed by atoms with E-state index in [4.69, 9.17) is 11.6 Å². The van der Waals surface area contributed by atoms with Gasteiger partial charge < -0.3 is 4.90 Å². The number of hydrogen-bond donors (Lipinski definition) is 0. The number of halogens is 1. The Labute approximate surface area is 122 Å². The van der Waals surface area contributed by atoms with Crippen molar-refractivity contribution in [2.45, 2.75) is 13.5 Å². The molecule has 1 aromatic carbocycles. The molecule has 1 amide bonds. The molecule has 1 aromatic heterocycles. The van der Waals surface area contributed by atoms with Crippen molar-refractivity contribution in [3.8, 4) is 5.69 Å². The first kappa shape index (κ1) is 12.9. The topological polar surface area (TPSA) is 38.1 Å². The molecule has 0 fully saturated rings. The minimum Gasteiger partial charge on any atom is -0.336 e.